The van der Waals surface area contributed by atoms with Gasteiger partial charge in [-0.05, 0) is 63.0 Å². The SMILES string of the molecule is CN(C)CCCN1C(=O)c2oc3ccc(F)cc3c(=O)c2[C@H]1c1cccc(F)c1. The Hall–Kier alpha value is -3.06. The number of carbonyl (C=O) groups is 1. The van der Waals surface area contributed by atoms with Gasteiger partial charge in [-0.3, -0.25) is 9.59 Å². The fourth-order valence-electron chi connectivity index (χ4n) is 3.80. The molecule has 7 heteroatoms. The number of nitrogens with zero attached hydrogens (tertiary/aromatic N) is 2. The quantitative estimate of drug-likeness (QED) is 0.659. The van der Waals surface area contributed by atoms with Crippen LogP contribution in [-0.4, -0.2) is 42.9 Å². The molecule has 0 aliphatic carbocycles. The average Bonchev–Trinajstić information content (AvgIpc) is 2.95. The van der Waals surface area contributed by atoms with E-state index in [1.54, 1.807) is 6.07 Å². The molecule has 1 aliphatic heterocycles. The Morgan fingerprint density at radius 2 is 1.83 bits per heavy atom. The van der Waals surface area contributed by atoms with Crippen molar-refractivity contribution >= 4 is 16.9 Å². The Balaban J connectivity index is 1.89. The summed E-state index contributed by atoms with van der Waals surface area (Å²) in [7, 11) is 3.86. The second kappa shape index (κ2) is 7.40. The summed E-state index contributed by atoms with van der Waals surface area (Å²) < 4.78 is 33.4. The molecule has 3 aromatic rings. The Labute approximate surface area is 166 Å². The predicted octanol–water partition coefficient (Wildman–Crippen LogP) is 3.57. The van der Waals surface area contributed by atoms with Crippen molar-refractivity contribution in [1.82, 2.24) is 9.80 Å². The maximum Gasteiger partial charge on any atom is 0.290 e. The van der Waals surface area contributed by atoms with Crippen LogP contribution in [0.5, 0.6) is 0 Å². The van der Waals surface area contributed by atoms with Gasteiger partial charge >= 0.3 is 0 Å². The number of fused-ring (bicyclic) bond motifs is 2. The maximum absolute atomic E-state index is 13.9. The number of benzene rings is 2. The van der Waals surface area contributed by atoms with E-state index in [9.17, 15) is 18.4 Å². The third-order valence-electron chi connectivity index (χ3n) is 5.10. The van der Waals surface area contributed by atoms with Crippen molar-refractivity contribution in [2.45, 2.75) is 12.5 Å². The minimum absolute atomic E-state index is 0.0618. The highest BCUT2D eigenvalue weighted by atomic mass is 19.1. The lowest BCUT2D eigenvalue weighted by Gasteiger charge is -2.25. The number of amides is 1. The van der Waals surface area contributed by atoms with Gasteiger partial charge in [0, 0.05) is 6.54 Å². The van der Waals surface area contributed by atoms with Gasteiger partial charge in [0.25, 0.3) is 5.91 Å². The molecule has 0 unspecified atom stereocenters. The van der Waals surface area contributed by atoms with E-state index in [0.717, 1.165) is 12.6 Å². The molecule has 1 aromatic heterocycles. The summed E-state index contributed by atoms with van der Waals surface area (Å²) in [6, 6.07) is 8.65. The zero-order valence-electron chi connectivity index (χ0n) is 16.1. The maximum atomic E-state index is 13.9. The van der Waals surface area contributed by atoms with E-state index in [1.165, 1.54) is 35.2 Å². The molecule has 29 heavy (non-hydrogen) atoms. The average molecular weight is 398 g/mol. The van der Waals surface area contributed by atoms with Crippen molar-refractivity contribution in [1.29, 1.82) is 0 Å². The first-order chi connectivity index (χ1) is 13.9. The molecule has 150 valence electrons. The van der Waals surface area contributed by atoms with Crippen LogP contribution < -0.4 is 5.43 Å². The number of hydrogen-bond donors (Lipinski definition) is 0. The molecule has 1 amide bonds. The number of halogens is 2. The van der Waals surface area contributed by atoms with E-state index in [1.807, 2.05) is 19.0 Å². The van der Waals surface area contributed by atoms with Gasteiger partial charge in [0.1, 0.15) is 17.2 Å². The lowest BCUT2D eigenvalue weighted by Crippen LogP contribution is -2.32. The van der Waals surface area contributed by atoms with E-state index in [-0.39, 0.29) is 22.3 Å². The summed E-state index contributed by atoms with van der Waals surface area (Å²) in [5.41, 5.74) is 0.281. The van der Waals surface area contributed by atoms with Crippen molar-refractivity contribution in [3.05, 3.63) is 81.2 Å². The fourth-order valence-corrected chi connectivity index (χ4v) is 3.80. The van der Waals surface area contributed by atoms with Crippen LogP contribution in [0.3, 0.4) is 0 Å². The van der Waals surface area contributed by atoms with Crippen LogP contribution in [0.25, 0.3) is 11.0 Å². The van der Waals surface area contributed by atoms with Gasteiger partial charge in [0.15, 0.2) is 5.43 Å². The summed E-state index contributed by atoms with van der Waals surface area (Å²) in [5, 5.41) is 0.0631. The molecule has 0 radical (unpaired) electrons. The Morgan fingerprint density at radius 3 is 2.55 bits per heavy atom. The molecule has 1 aliphatic rings. The molecule has 0 saturated heterocycles. The second-order valence-electron chi connectivity index (χ2n) is 7.43. The number of carbonyl (C=O) groups excluding carboxylic acids is 1. The minimum Gasteiger partial charge on any atom is -0.450 e. The van der Waals surface area contributed by atoms with Crippen molar-refractivity contribution in [3.63, 3.8) is 0 Å². The molecule has 0 bridgehead atoms. The Kier molecular flexibility index (Phi) is 4.92. The third-order valence-corrected chi connectivity index (χ3v) is 5.10. The van der Waals surface area contributed by atoms with Crippen LogP contribution in [-0.2, 0) is 0 Å². The first-order valence-corrected chi connectivity index (χ1v) is 9.34. The van der Waals surface area contributed by atoms with Gasteiger partial charge in [0.05, 0.1) is 17.0 Å². The van der Waals surface area contributed by atoms with Crippen molar-refractivity contribution in [3.8, 4) is 0 Å². The van der Waals surface area contributed by atoms with Crippen LogP contribution >= 0.6 is 0 Å². The van der Waals surface area contributed by atoms with Crippen LogP contribution in [0.15, 0.2) is 51.7 Å². The smallest absolute Gasteiger partial charge is 0.290 e. The van der Waals surface area contributed by atoms with Crippen molar-refractivity contribution in [2.24, 2.45) is 0 Å². The molecule has 2 aromatic carbocycles. The lowest BCUT2D eigenvalue weighted by molar-refractivity contribution is 0.0722. The van der Waals surface area contributed by atoms with Gasteiger partial charge < -0.3 is 14.2 Å². The summed E-state index contributed by atoms with van der Waals surface area (Å²) in [5.74, 6) is -1.52. The molecular formula is C22H20F2N2O3. The molecule has 4 rings (SSSR count). The van der Waals surface area contributed by atoms with Gasteiger partial charge in [-0.15, -0.1) is 0 Å². The fraction of sp³-hybridized carbons (Fsp3) is 0.273. The number of rotatable bonds is 5. The Bertz CT molecular complexity index is 1160. The summed E-state index contributed by atoms with van der Waals surface area (Å²) in [4.78, 5) is 29.8. The summed E-state index contributed by atoms with van der Waals surface area (Å²) >= 11 is 0. The predicted molar refractivity (Wildman–Crippen MR) is 105 cm³/mol. The molecular weight excluding hydrogens is 378 g/mol. The van der Waals surface area contributed by atoms with Gasteiger partial charge in [-0.1, -0.05) is 12.1 Å². The van der Waals surface area contributed by atoms with Crippen molar-refractivity contribution < 1.29 is 18.0 Å². The van der Waals surface area contributed by atoms with Crippen LogP contribution in [0, 0.1) is 11.6 Å². The third kappa shape index (κ3) is 3.42. The van der Waals surface area contributed by atoms with E-state index >= 15 is 0 Å². The van der Waals surface area contributed by atoms with E-state index in [2.05, 4.69) is 0 Å². The highest BCUT2D eigenvalue weighted by Crippen LogP contribution is 2.38. The zero-order valence-corrected chi connectivity index (χ0v) is 16.1. The van der Waals surface area contributed by atoms with Crippen LogP contribution in [0.2, 0.25) is 0 Å². The first kappa shape index (κ1) is 19.3. The highest BCUT2D eigenvalue weighted by molar-refractivity contribution is 5.99. The minimum atomic E-state index is -0.778. The number of hydrogen-bond acceptors (Lipinski definition) is 4. The van der Waals surface area contributed by atoms with Crippen LogP contribution in [0.1, 0.15) is 34.1 Å². The molecule has 5 nitrogen and oxygen atoms in total. The molecule has 0 saturated carbocycles. The van der Waals surface area contributed by atoms with E-state index < -0.39 is 29.0 Å². The van der Waals surface area contributed by atoms with E-state index in [4.69, 9.17) is 4.42 Å². The normalized spacial score (nSPS) is 16.1. The Morgan fingerprint density at radius 1 is 1.07 bits per heavy atom. The standard InChI is InChI=1S/C22H20F2N2O3/c1-25(2)9-4-10-26-19(13-5-3-6-14(23)11-13)18-20(27)16-12-15(24)7-8-17(16)29-21(18)22(26)28/h3,5-8,11-12,19H,4,9-10H2,1-2H3/t19-/m1/s1. The largest absolute Gasteiger partial charge is 0.450 e. The molecule has 0 N–H and O–H groups in total. The topological polar surface area (TPSA) is 53.8 Å². The molecule has 2 heterocycles. The lowest BCUT2D eigenvalue weighted by atomic mass is 9.98. The monoisotopic (exact) mass is 398 g/mol. The van der Waals surface area contributed by atoms with Gasteiger partial charge in [-0.25, -0.2) is 8.78 Å². The highest BCUT2D eigenvalue weighted by Gasteiger charge is 2.42. The molecule has 0 spiro atoms. The van der Waals surface area contributed by atoms with Crippen LogP contribution in [0.4, 0.5) is 8.78 Å². The molecule has 0 fully saturated rings. The summed E-state index contributed by atoms with van der Waals surface area (Å²) in [6.07, 6.45) is 0.668. The van der Waals surface area contributed by atoms with Crippen molar-refractivity contribution in [2.75, 3.05) is 27.2 Å². The molecule has 1 atom stereocenters. The second-order valence-corrected chi connectivity index (χ2v) is 7.43. The van der Waals surface area contributed by atoms with E-state index in [0.29, 0.717) is 18.5 Å². The van der Waals surface area contributed by atoms with Gasteiger partial charge in [-0.2, -0.15) is 0 Å². The zero-order chi connectivity index (χ0) is 20.7. The summed E-state index contributed by atoms with van der Waals surface area (Å²) in [6.45, 7) is 1.11. The first-order valence-electron chi connectivity index (χ1n) is 9.34. The van der Waals surface area contributed by atoms with Gasteiger partial charge in [0.2, 0.25) is 5.76 Å².